The smallest absolute Gasteiger partial charge is 0.140 e. The molecule has 0 saturated carbocycles. The van der Waals surface area contributed by atoms with Crippen molar-refractivity contribution in [1.29, 1.82) is 0 Å². The Morgan fingerprint density at radius 3 is 3.07 bits per heavy atom. The topological polar surface area (TPSA) is 42.7 Å². The highest BCUT2D eigenvalue weighted by molar-refractivity contribution is 6.18. The van der Waals surface area contributed by atoms with E-state index in [1.54, 1.807) is 6.33 Å². The van der Waals surface area contributed by atoms with E-state index in [1.165, 1.54) is 0 Å². The lowest BCUT2D eigenvalue weighted by atomic mass is 10.2. The second-order valence-corrected chi connectivity index (χ2v) is 4.10. The van der Waals surface area contributed by atoms with Crippen LogP contribution in [0.2, 0.25) is 0 Å². The largest absolute Gasteiger partial charge is 0.310 e. The molecule has 0 aliphatic carbocycles. The number of aryl methyl sites for hydroxylation is 1. The van der Waals surface area contributed by atoms with Crippen molar-refractivity contribution in [2.45, 2.75) is 33.4 Å². The molecule has 0 spiro atoms. The van der Waals surface area contributed by atoms with E-state index >= 15 is 0 Å². The van der Waals surface area contributed by atoms with Gasteiger partial charge in [-0.25, -0.2) is 9.67 Å². The molecule has 15 heavy (non-hydrogen) atoms. The lowest BCUT2D eigenvalue weighted by molar-refractivity contribution is 0.510. The number of hydrogen-bond acceptors (Lipinski definition) is 3. The summed E-state index contributed by atoms with van der Waals surface area (Å²) in [5, 5.41) is 7.49. The van der Waals surface area contributed by atoms with Crippen molar-refractivity contribution in [3.05, 3.63) is 12.2 Å². The van der Waals surface area contributed by atoms with E-state index in [0.29, 0.717) is 11.8 Å². The maximum absolute atomic E-state index is 5.72. The van der Waals surface area contributed by atoms with Crippen LogP contribution in [0.5, 0.6) is 0 Å². The maximum atomic E-state index is 5.72. The predicted molar refractivity (Wildman–Crippen MR) is 61.9 cm³/mol. The van der Waals surface area contributed by atoms with Crippen molar-refractivity contribution in [2.75, 3.05) is 12.4 Å². The van der Waals surface area contributed by atoms with Crippen molar-refractivity contribution in [3.63, 3.8) is 0 Å². The first-order valence-electron chi connectivity index (χ1n) is 5.41. The molecular weight excluding hydrogens is 212 g/mol. The summed E-state index contributed by atoms with van der Waals surface area (Å²) in [5.74, 6) is 2.18. The van der Waals surface area contributed by atoms with E-state index in [4.69, 9.17) is 11.6 Å². The number of rotatable bonds is 7. The molecule has 4 nitrogen and oxygen atoms in total. The molecule has 0 saturated heterocycles. The van der Waals surface area contributed by atoms with Crippen LogP contribution in [0.3, 0.4) is 0 Å². The Morgan fingerprint density at radius 1 is 1.60 bits per heavy atom. The Morgan fingerprint density at radius 2 is 2.40 bits per heavy atom. The quantitative estimate of drug-likeness (QED) is 0.725. The molecule has 0 radical (unpaired) electrons. The van der Waals surface area contributed by atoms with Crippen LogP contribution < -0.4 is 5.32 Å². The average molecular weight is 231 g/mol. The van der Waals surface area contributed by atoms with E-state index in [0.717, 1.165) is 31.9 Å². The molecule has 0 aromatic carbocycles. The Labute approximate surface area is 96.0 Å². The molecular formula is C10H19ClN4. The lowest BCUT2D eigenvalue weighted by Gasteiger charge is -2.09. The van der Waals surface area contributed by atoms with Gasteiger partial charge in [-0.3, -0.25) is 0 Å². The lowest BCUT2D eigenvalue weighted by Crippen LogP contribution is -2.23. The Bertz CT molecular complexity index is 274. The molecule has 1 rings (SSSR count). The minimum absolute atomic E-state index is 0.495. The second kappa shape index (κ2) is 6.80. The predicted octanol–water partition coefficient (Wildman–Crippen LogP) is 1.65. The van der Waals surface area contributed by atoms with Crippen LogP contribution in [0, 0.1) is 5.92 Å². The monoisotopic (exact) mass is 230 g/mol. The Kier molecular flexibility index (Phi) is 5.65. The van der Waals surface area contributed by atoms with Gasteiger partial charge in [0.1, 0.15) is 12.2 Å². The van der Waals surface area contributed by atoms with Gasteiger partial charge in [0.15, 0.2) is 0 Å². The van der Waals surface area contributed by atoms with Gasteiger partial charge in [0.25, 0.3) is 0 Å². The van der Waals surface area contributed by atoms with Crippen molar-refractivity contribution >= 4 is 11.6 Å². The van der Waals surface area contributed by atoms with Gasteiger partial charge >= 0.3 is 0 Å². The summed E-state index contributed by atoms with van der Waals surface area (Å²) in [6, 6.07) is 0. The number of hydrogen-bond donors (Lipinski definition) is 1. The number of nitrogens with one attached hydrogen (secondary N) is 1. The summed E-state index contributed by atoms with van der Waals surface area (Å²) in [7, 11) is 0. The van der Waals surface area contributed by atoms with Crippen molar-refractivity contribution < 1.29 is 0 Å². The fraction of sp³-hybridized carbons (Fsp3) is 0.800. The molecule has 1 heterocycles. The third-order valence-corrected chi connectivity index (χ3v) is 2.70. The normalized spacial score (nSPS) is 13.0. The molecule has 0 amide bonds. The number of halogens is 1. The summed E-state index contributed by atoms with van der Waals surface area (Å²) >= 11 is 5.72. The third kappa shape index (κ3) is 4.18. The number of nitrogens with zero attached hydrogens (tertiary/aromatic N) is 3. The van der Waals surface area contributed by atoms with Crippen LogP contribution in [0.25, 0.3) is 0 Å². The first-order chi connectivity index (χ1) is 7.27. The summed E-state index contributed by atoms with van der Waals surface area (Å²) in [5.41, 5.74) is 0. The van der Waals surface area contributed by atoms with Gasteiger partial charge < -0.3 is 5.32 Å². The standard InChI is InChI=1S/C10H19ClN4/c1-3-4-15-10(13-8-14-15)7-12-6-9(2)5-11/h8-9,12H,3-7H2,1-2H3. The van der Waals surface area contributed by atoms with Crippen LogP contribution in [-0.4, -0.2) is 27.2 Å². The van der Waals surface area contributed by atoms with Crippen molar-refractivity contribution in [3.8, 4) is 0 Å². The van der Waals surface area contributed by atoms with E-state index in [2.05, 4.69) is 29.2 Å². The molecule has 5 heteroatoms. The van der Waals surface area contributed by atoms with E-state index < -0.39 is 0 Å². The minimum Gasteiger partial charge on any atom is -0.310 e. The Balaban J connectivity index is 2.33. The highest BCUT2D eigenvalue weighted by atomic mass is 35.5. The van der Waals surface area contributed by atoms with Gasteiger partial charge in [0.2, 0.25) is 0 Å². The first-order valence-corrected chi connectivity index (χ1v) is 5.94. The maximum Gasteiger partial charge on any atom is 0.140 e. The summed E-state index contributed by atoms with van der Waals surface area (Å²) in [4.78, 5) is 4.21. The molecule has 1 unspecified atom stereocenters. The summed E-state index contributed by atoms with van der Waals surface area (Å²) in [6.07, 6.45) is 2.69. The highest BCUT2D eigenvalue weighted by Crippen LogP contribution is 1.98. The van der Waals surface area contributed by atoms with Gasteiger partial charge in [-0.1, -0.05) is 13.8 Å². The van der Waals surface area contributed by atoms with Gasteiger partial charge in [-0.15, -0.1) is 11.6 Å². The van der Waals surface area contributed by atoms with E-state index in [1.807, 2.05) is 4.68 Å². The van der Waals surface area contributed by atoms with Gasteiger partial charge in [0, 0.05) is 12.4 Å². The molecule has 1 aromatic rings. The van der Waals surface area contributed by atoms with Crippen LogP contribution in [0.15, 0.2) is 6.33 Å². The van der Waals surface area contributed by atoms with Crippen molar-refractivity contribution in [1.82, 2.24) is 20.1 Å². The summed E-state index contributed by atoms with van der Waals surface area (Å²) in [6.45, 7) is 6.87. The van der Waals surface area contributed by atoms with Crippen LogP contribution >= 0.6 is 11.6 Å². The Hall–Kier alpha value is -0.610. The summed E-state index contributed by atoms with van der Waals surface area (Å²) < 4.78 is 1.94. The van der Waals surface area contributed by atoms with Gasteiger partial charge in [-0.05, 0) is 18.9 Å². The number of alkyl halides is 1. The fourth-order valence-electron chi connectivity index (χ4n) is 1.31. The van der Waals surface area contributed by atoms with Gasteiger partial charge in [0.05, 0.1) is 6.54 Å². The van der Waals surface area contributed by atoms with Crippen LogP contribution in [0.1, 0.15) is 26.1 Å². The first kappa shape index (κ1) is 12.5. The van der Waals surface area contributed by atoms with Crippen LogP contribution in [-0.2, 0) is 13.1 Å². The molecule has 0 aliphatic heterocycles. The van der Waals surface area contributed by atoms with E-state index in [-0.39, 0.29) is 0 Å². The molecule has 0 bridgehead atoms. The zero-order chi connectivity index (χ0) is 11.1. The average Bonchev–Trinajstić information content (AvgIpc) is 2.66. The highest BCUT2D eigenvalue weighted by Gasteiger charge is 2.04. The zero-order valence-corrected chi connectivity index (χ0v) is 10.2. The molecule has 1 atom stereocenters. The van der Waals surface area contributed by atoms with Crippen molar-refractivity contribution in [2.24, 2.45) is 5.92 Å². The molecule has 1 aromatic heterocycles. The third-order valence-electron chi connectivity index (χ3n) is 2.17. The van der Waals surface area contributed by atoms with Crippen LogP contribution in [0.4, 0.5) is 0 Å². The molecule has 86 valence electrons. The fourth-order valence-corrected chi connectivity index (χ4v) is 1.42. The SMILES string of the molecule is CCCn1ncnc1CNCC(C)CCl. The molecule has 1 N–H and O–H groups in total. The number of aromatic nitrogens is 3. The van der Waals surface area contributed by atoms with Gasteiger partial charge in [-0.2, -0.15) is 5.10 Å². The molecule has 0 aliphatic rings. The second-order valence-electron chi connectivity index (χ2n) is 3.79. The molecule has 0 fully saturated rings. The zero-order valence-electron chi connectivity index (χ0n) is 9.41. The van der Waals surface area contributed by atoms with E-state index in [9.17, 15) is 0 Å². The minimum atomic E-state index is 0.495.